The maximum Gasteiger partial charge on any atom is 0.119 e. The van der Waals surface area contributed by atoms with Gasteiger partial charge in [0.05, 0.1) is 0 Å². The highest BCUT2D eigenvalue weighted by Crippen LogP contribution is 2.24. The van der Waals surface area contributed by atoms with Gasteiger partial charge in [0.25, 0.3) is 0 Å². The van der Waals surface area contributed by atoms with Crippen LogP contribution in [-0.2, 0) is 0 Å². The van der Waals surface area contributed by atoms with Crippen LogP contribution in [0.4, 0.5) is 0 Å². The summed E-state index contributed by atoms with van der Waals surface area (Å²) in [6, 6.07) is 5.09. The van der Waals surface area contributed by atoms with Gasteiger partial charge in [-0.15, -0.1) is 0 Å². The van der Waals surface area contributed by atoms with E-state index < -0.39 is 0 Å². The van der Waals surface area contributed by atoms with Gasteiger partial charge in [-0.25, -0.2) is 0 Å². The molecule has 0 aliphatic carbocycles. The first-order chi connectivity index (χ1) is 7.88. The summed E-state index contributed by atoms with van der Waals surface area (Å²) >= 11 is 0. The summed E-state index contributed by atoms with van der Waals surface area (Å²) < 4.78 is 0. The second-order valence-electron chi connectivity index (χ2n) is 4.83. The first-order valence-corrected chi connectivity index (χ1v) is 5.82. The van der Waals surface area contributed by atoms with Crippen LogP contribution in [0.15, 0.2) is 18.2 Å². The van der Waals surface area contributed by atoms with Gasteiger partial charge >= 0.3 is 0 Å². The standard InChI is InChI=1S/C13H22N2O2/c1-9(8-15(3)4)14-10(2)11-5-12(16)7-13(17)6-11/h5-7,9-10,14,16-17H,8H2,1-4H3. The van der Waals surface area contributed by atoms with Gasteiger partial charge in [0, 0.05) is 24.7 Å². The van der Waals surface area contributed by atoms with E-state index >= 15 is 0 Å². The van der Waals surface area contributed by atoms with E-state index in [2.05, 4.69) is 17.1 Å². The minimum Gasteiger partial charge on any atom is -0.508 e. The van der Waals surface area contributed by atoms with Crippen LogP contribution in [-0.4, -0.2) is 41.8 Å². The molecule has 17 heavy (non-hydrogen) atoms. The van der Waals surface area contributed by atoms with E-state index in [1.807, 2.05) is 21.0 Å². The highest BCUT2D eigenvalue weighted by atomic mass is 16.3. The Morgan fingerprint density at radius 2 is 1.65 bits per heavy atom. The molecule has 4 nitrogen and oxygen atoms in total. The van der Waals surface area contributed by atoms with Crippen molar-refractivity contribution in [2.75, 3.05) is 20.6 Å². The summed E-state index contributed by atoms with van der Waals surface area (Å²) in [7, 11) is 4.06. The van der Waals surface area contributed by atoms with Gasteiger partial charge < -0.3 is 20.4 Å². The van der Waals surface area contributed by atoms with E-state index in [9.17, 15) is 10.2 Å². The number of phenolic OH excluding ortho intramolecular Hbond substituents is 2. The van der Waals surface area contributed by atoms with Crippen LogP contribution in [0.1, 0.15) is 25.5 Å². The van der Waals surface area contributed by atoms with E-state index in [4.69, 9.17) is 0 Å². The molecule has 0 bridgehead atoms. The summed E-state index contributed by atoms with van der Waals surface area (Å²) in [6.45, 7) is 5.06. The summed E-state index contributed by atoms with van der Waals surface area (Å²) in [5.74, 6) is 0.183. The Morgan fingerprint density at radius 3 is 2.12 bits per heavy atom. The topological polar surface area (TPSA) is 55.7 Å². The predicted octanol–water partition coefficient (Wildman–Crippen LogP) is 1.70. The lowest BCUT2D eigenvalue weighted by Gasteiger charge is -2.23. The maximum absolute atomic E-state index is 9.43. The van der Waals surface area contributed by atoms with Crippen molar-refractivity contribution in [1.82, 2.24) is 10.2 Å². The van der Waals surface area contributed by atoms with Crippen molar-refractivity contribution in [2.24, 2.45) is 0 Å². The number of rotatable bonds is 5. The van der Waals surface area contributed by atoms with Crippen LogP contribution in [0.2, 0.25) is 0 Å². The molecule has 0 aliphatic heterocycles. The van der Waals surface area contributed by atoms with Crippen LogP contribution in [0.3, 0.4) is 0 Å². The third kappa shape index (κ3) is 4.63. The molecule has 1 aromatic rings. The molecule has 0 heterocycles. The van der Waals surface area contributed by atoms with E-state index in [-0.39, 0.29) is 17.5 Å². The van der Waals surface area contributed by atoms with Gasteiger partial charge in [-0.1, -0.05) is 0 Å². The van der Waals surface area contributed by atoms with Gasteiger partial charge in [-0.05, 0) is 45.6 Å². The average molecular weight is 238 g/mol. The lowest BCUT2D eigenvalue weighted by molar-refractivity contribution is 0.334. The number of phenols is 2. The molecule has 4 heteroatoms. The van der Waals surface area contributed by atoms with Crippen molar-refractivity contribution < 1.29 is 10.2 Å². The second-order valence-corrected chi connectivity index (χ2v) is 4.83. The highest BCUT2D eigenvalue weighted by Gasteiger charge is 2.11. The predicted molar refractivity (Wildman–Crippen MR) is 69.3 cm³/mol. The summed E-state index contributed by atoms with van der Waals surface area (Å²) in [4.78, 5) is 2.12. The normalized spacial score (nSPS) is 14.9. The molecule has 0 saturated carbocycles. The SMILES string of the molecule is CC(CN(C)C)NC(C)c1cc(O)cc(O)c1. The van der Waals surface area contributed by atoms with Crippen molar-refractivity contribution >= 4 is 0 Å². The third-order valence-corrected chi connectivity index (χ3v) is 2.60. The average Bonchev–Trinajstić information content (AvgIpc) is 2.14. The molecule has 1 aromatic carbocycles. The quantitative estimate of drug-likeness (QED) is 0.731. The van der Waals surface area contributed by atoms with Crippen LogP contribution >= 0.6 is 0 Å². The lowest BCUT2D eigenvalue weighted by atomic mass is 10.1. The second kappa shape index (κ2) is 5.89. The molecule has 2 unspecified atom stereocenters. The van der Waals surface area contributed by atoms with Gasteiger partial charge in [-0.3, -0.25) is 0 Å². The Bertz CT molecular complexity index is 346. The van der Waals surface area contributed by atoms with E-state index in [1.165, 1.54) is 6.07 Å². The molecule has 0 saturated heterocycles. The largest absolute Gasteiger partial charge is 0.508 e. The molecule has 0 radical (unpaired) electrons. The third-order valence-electron chi connectivity index (χ3n) is 2.60. The molecule has 0 spiro atoms. The summed E-state index contributed by atoms with van der Waals surface area (Å²) in [5.41, 5.74) is 0.883. The Hall–Kier alpha value is -1.26. The zero-order valence-corrected chi connectivity index (χ0v) is 10.9. The van der Waals surface area contributed by atoms with Crippen molar-refractivity contribution in [1.29, 1.82) is 0 Å². The van der Waals surface area contributed by atoms with E-state index in [0.29, 0.717) is 6.04 Å². The number of likely N-dealkylation sites (N-methyl/N-ethyl adjacent to an activating group) is 1. The van der Waals surface area contributed by atoms with Gasteiger partial charge in [-0.2, -0.15) is 0 Å². The van der Waals surface area contributed by atoms with Crippen LogP contribution < -0.4 is 5.32 Å². The highest BCUT2D eigenvalue weighted by molar-refractivity contribution is 5.37. The fourth-order valence-electron chi connectivity index (χ4n) is 1.99. The fraction of sp³-hybridized carbons (Fsp3) is 0.538. The Balaban J connectivity index is 2.66. The molecule has 0 fully saturated rings. The van der Waals surface area contributed by atoms with Gasteiger partial charge in [0.2, 0.25) is 0 Å². The lowest BCUT2D eigenvalue weighted by Crippen LogP contribution is -2.37. The molecule has 0 amide bonds. The number of nitrogens with one attached hydrogen (secondary N) is 1. The van der Waals surface area contributed by atoms with Crippen molar-refractivity contribution in [3.05, 3.63) is 23.8 Å². The first kappa shape index (κ1) is 13.8. The monoisotopic (exact) mass is 238 g/mol. The smallest absolute Gasteiger partial charge is 0.119 e. The zero-order valence-electron chi connectivity index (χ0n) is 10.9. The fourth-order valence-corrected chi connectivity index (χ4v) is 1.99. The van der Waals surface area contributed by atoms with Crippen LogP contribution in [0.25, 0.3) is 0 Å². The number of benzene rings is 1. The molecule has 0 aliphatic rings. The number of aromatic hydroxyl groups is 2. The minimum absolute atomic E-state index is 0.0861. The molecular formula is C13H22N2O2. The van der Waals surface area contributed by atoms with Crippen molar-refractivity contribution in [2.45, 2.75) is 25.9 Å². The molecule has 0 aromatic heterocycles. The Morgan fingerprint density at radius 1 is 1.12 bits per heavy atom. The van der Waals surface area contributed by atoms with Crippen molar-refractivity contribution in [3.8, 4) is 11.5 Å². The minimum atomic E-state index is 0.0861. The van der Waals surface area contributed by atoms with Crippen molar-refractivity contribution in [3.63, 3.8) is 0 Å². The van der Waals surface area contributed by atoms with Crippen LogP contribution in [0, 0.1) is 0 Å². The summed E-state index contributed by atoms with van der Waals surface area (Å²) in [6.07, 6.45) is 0. The molecule has 2 atom stereocenters. The molecular weight excluding hydrogens is 216 g/mol. The zero-order chi connectivity index (χ0) is 13.0. The summed E-state index contributed by atoms with van der Waals surface area (Å²) in [5, 5.41) is 22.3. The maximum atomic E-state index is 9.43. The van der Waals surface area contributed by atoms with Gasteiger partial charge in [0.1, 0.15) is 11.5 Å². The number of hydrogen-bond donors (Lipinski definition) is 3. The number of hydrogen-bond acceptors (Lipinski definition) is 4. The molecule has 1 rings (SSSR count). The Kier molecular flexibility index (Phi) is 4.78. The Labute approximate surface area is 103 Å². The van der Waals surface area contributed by atoms with Crippen LogP contribution in [0.5, 0.6) is 11.5 Å². The molecule has 96 valence electrons. The van der Waals surface area contributed by atoms with E-state index in [0.717, 1.165) is 12.1 Å². The van der Waals surface area contributed by atoms with Gasteiger partial charge in [0.15, 0.2) is 0 Å². The molecule has 3 N–H and O–H groups in total. The number of nitrogens with zero attached hydrogens (tertiary/aromatic N) is 1. The van der Waals surface area contributed by atoms with E-state index in [1.54, 1.807) is 12.1 Å². The first-order valence-electron chi connectivity index (χ1n) is 5.82.